The van der Waals surface area contributed by atoms with Crippen molar-refractivity contribution in [2.45, 2.75) is 43.6 Å². The summed E-state index contributed by atoms with van der Waals surface area (Å²) in [6.45, 7) is 0. The van der Waals surface area contributed by atoms with Crippen LogP contribution in [-0.4, -0.2) is 30.9 Å². The van der Waals surface area contributed by atoms with Crippen LogP contribution in [-0.2, 0) is 7.05 Å². The van der Waals surface area contributed by atoms with Gasteiger partial charge in [-0.15, -0.1) is 5.10 Å². The Labute approximate surface area is 118 Å². The predicted octanol–water partition coefficient (Wildman–Crippen LogP) is 2.04. The highest BCUT2D eigenvalue weighted by Crippen LogP contribution is 2.42. The van der Waals surface area contributed by atoms with Crippen molar-refractivity contribution in [2.24, 2.45) is 7.05 Å². The van der Waals surface area contributed by atoms with Gasteiger partial charge in [0.15, 0.2) is 5.82 Å². The van der Waals surface area contributed by atoms with Crippen LogP contribution in [0.2, 0.25) is 0 Å². The fourth-order valence-electron chi connectivity index (χ4n) is 3.28. The van der Waals surface area contributed by atoms with Crippen molar-refractivity contribution >= 4 is 0 Å². The fourth-order valence-corrected chi connectivity index (χ4v) is 3.28. The summed E-state index contributed by atoms with van der Waals surface area (Å²) in [7, 11) is 1.83. The molecule has 0 saturated heterocycles. The summed E-state index contributed by atoms with van der Waals surface area (Å²) in [5.41, 5.74) is 0.331. The second kappa shape index (κ2) is 5.32. The molecule has 1 fully saturated rings. The van der Waals surface area contributed by atoms with E-state index in [0.29, 0.717) is 0 Å². The standard InChI is InChI=1S/C15H20N4O/c1-19-14(16-17-18-19)13(12-8-4-2-5-9-12)15(20)10-6-3-7-11-15/h2,4-5,8-9,13,20H,3,6-7,10-11H2,1H3. The topological polar surface area (TPSA) is 63.8 Å². The van der Waals surface area contributed by atoms with Gasteiger partial charge in [-0.2, -0.15) is 0 Å². The molecule has 1 aliphatic carbocycles. The number of aromatic nitrogens is 4. The lowest BCUT2D eigenvalue weighted by molar-refractivity contribution is -0.0139. The van der Waals surface area contributed by atoms with Gasteiger partial charge in [0.25, 0.3) is 0 Å². The van der Waals surface area contributed by atoms with Crippen molar-refractivity contribution in [3.05, 3.63) is 41.7 Å². The average molecular weight is 272 g/mol. The molecule has 106 valence electrons. The summed E-state index contributed by atoms with van der Waals surface area (Å²) in [6.07, 6.45) is 4.93. The van der Waals surface area contributed by atoms with Gasteiger partial charge in [-0.25, -0.2) is 4.68 Å². The van der Waals surface area contributed by atoms with Crippen LogP contribution < -0.4 is 0 Å². The van der Waals surface area contributed by atoms with E-state index in [-0.39, 0.29) is 5.92 Å². The Balaban J connectivity index is 2.06. The van der Waals surface area contributed by atoms with Gasteiger partial charge in [-0.1, -0.05) is 49.6 Å². The second-order valence-electron chi connectivity index (χ2n) is 5.67. The molecule has 1 unspecified atom stereocenters. The molecule has 0 spiro atoms. The zero-order valence-corrected chi connectivity index (χ0v) is 11.7. The van der Waals surface area contributed by atoms with Gasteiger partial charge in [0.1, 0.15) is 0 Å². The van der Waals surface area contributed by atoms with Crippen molar-refractivity contribution in [1.82, 2.24) is 20.2 Å². The number of benzene rings is 1. The number of rotatable bonds is 3. The largest absolute Gasteiger partial charge is 0.389 e. The summed E-state index contributed by atoms with van der Waals surface area (Å²) >= 11 is 0. The van der Waals surface area contributed by atoms with E-state index in [1.165, 1.54) is 6.42 Å². The number of hydrogen-bond donors (Lipinski definition) is 1. The number of aliphatic hydroxyl groups is 1. The first kappa shape index (κ1) is 13.2. The van der Waals surface area contributed by atoms with Gasteiger partial charge in [0.2, 0.25) is 0 Å². The van der Waals surface area contributed by atoms with Crippen LogP contribution >= 0.6 is 0 Å². The molecule has 0 amide bonds. The number of aryl methyl sites for hydroxylation is 1. The monoisotopic (exact) mass is 272 g/mol. The Hall–Kier alpha value is -1.75. The first-order valence-corrected chi connectivity index (χ1v) is 7.20. The first-order valence-electron chi connectivity index (χ1n) is 7.20. The molecule has 5 nitrogen and oxygen atoms in total. The Morgan fingerprint density at radius 1 is 1.15 bits per heavy atom. The fraction of sp³-hybridized carbons (Fsp3) is 0.533. The van der Waals surface area contributed by atoms with Crippen LogP contribution in [0.1, 0.15) is 49.4 Å². The van der Waals surface area contributed by atoms with E-state index in [1.807, 2.05) is 37.4 Å². The molecule has 20 heavy (non-hydrogen) atoms. The Morgan fingerprint density at radius 2 is 1.85 bits per heavy atom. The zero-order chi connectivity index (χ0) is 14.0. The summed E-state index contributed by atoms with van der Waals surface area (Å²) in [5, 5.41) is 23.0. The average Bonchev–Trinajstić information content (AvgIpc) is 2.87. The Morgan fingerprint density at radius 3 is 2.45 bits per heavy atom. The van der Waals surface area contributed by atoms with Crippen LogP contribution in [0.3, 0.4) is 0 Å². The summed E-state index contributed by atoms with van der Waals surface area (Å²) in [6, 6.07) is 10.1. The van der Waals surface area contributed by atoms with Crippen molar-refractivity contribution in [1.29, 1.82) is 0 Å². The third-order valence-electron chi connectivity index (χ3n) is 4.30. The van der Waals surface area contributed by atoms with E-state index in [9.17, 15) is 5.11 Å². The Kier molecular flexibility index (Phi) is 3.53. The molecule has 5 heteroatoms. The van der Waals surface area contributed by atoms with Crippen molar-refractivity contribution in [2.75, 3.05) is 0 Å². The van der Waals surface area contributed by atoms with Crippen LogP contribution in [0.5, 0.6) is 0 Å². The second-order valence-corrected chi connectivity index (χ2v) is 5.67. The highest BCUT2D eigenvalue weighted by Gasteiger charge is 2.42. The van der Waals surface area contributed by atoms with Gasteiger partial charge in [0.05, 0.1) is 11.5 Å². The minimum atomic E-state index is -0.748. The minimum absolute atomic E-state index is 0.163. The van der Waals surface area contributed by atoms with Gasteiger partial charge >= 0.3 is 0 Å². The maximum Gasteiger partial charge on any atom is 0.161 e. The molecule has 1 N–H and O–H groups in total. The summed E-state index contributed by atoms with van der Waals surface area (Å²) in [5.74, 6) is 0.574. The third kappa shape index (κ3) is 2.33. The van der Waals surface area contributed by atoms with Crippen LogP contribution in [0.25, 0.3) is 0 Å². The van der Waals surface area contributed by atoms with E-state index in [0.717, 1.165) is 37.1 Å². The molecule has 1 atom stereocenters. The van der Waals surface area contributed by atoms with Crippen molar-refractivity contribution in [3.8, 4) is 0 Å². The third-order valence-corrected chi connectivity index (χ3v) is 4.30. The SMILES string of the molecule is Cn1nnnc1C(c1ccccc1)C1(O)CCCCC1. The molecule has 0 bridgehead atoms. The zero-order valence-electron chi connectivity index (χ0n) is 11.7. The molecule has 1 heterocycles. The maximum atomic E-state index is 11.2. The molecule has 1 aromatic heterocycles. The van der Waals surface area contributed by atoms with Gasteiger partial charge in [-0.3, -0.25) is 0 Å². The molecule has 3 rings (SSSR count). The van der Waals surface area contributed by atoms with Crippen LogP contribution in [0, 0.1) is 0 Å². The number of nitrogens with zero attached hydrogens (tertiary/aromatic N) is 4. The van der Waals surface area contributed by atoms with Crippen molar-refractivity contribution < 1.29 is 5.11 Å². The highest BCUT2D eigenvalue weighted by atomic mass is 16.3. The molecule has 1 aliphatic rings. The normalized spacial score (nSPS) is 19.7. The maximum absolute atomic E-state index is 11.2. The highest BCUT2D eigenvalue weighted by molar-refractivity contribution is 5.29. The smallest absolute Gasteiger partial charge is 0.161 e. The van der Waals surface area contributed by atoms with Gasteiger partial charge < -0.3 is 5.11 Å². The molecule has 1 aromatic carbocycles. The van der Waals surface area contributed by atoms with E-state index in [4.69, 9.17) is 0 Å². The predicted molar refractivity (Wildman–Crippen MR) is 75.1 cm³/mol. The molecule has 2 aromatic rings. The summed E-state index contributed by atoms with van der Waals surface area (Å²) in [4.78, 5) is 0. The minimum Gasteiger partial charge on any atom is -0.389 e. The first-order chi connectivity index (χ1) is 9.71. The van der Waals surface area contributed by atoms with E-state index < -0.39 is 5.60 Å². The molecule has 0 aliphatic heterocycles. The van der Waals surface area contributed by atoms with E-state index >= 15 is 0 Å². The van der Waals surface area contributed by atoms with E-state index in [1.54, 1.807) is 4.68 Å². The quantitative estimate of drug-likeness (QED) is 0.928. The molecular weight excluding hydrogens is 252 g/mol. The van der Waals surface area contributed by atoms with Crippen molar-refractivity contribution in [3.63, 3.8) is 0 Å². The Bertz CT molecular complexity index is 560. The van der Waals surface area contributed by atoms with Gasteiger partial charge in [-0.05, 0) is 28.8 Å². The lowest BCUT2D eigenvalue weighted by Crippen LogP contribution is -2.40. The number of tetrazole rings is 1. The van der Waals surface area contributed by atoms with Crippen LogP contribution in [0.4, 0.5) is 0 Å². The van der Waals surface area contributed by atoms with E-state index in [2.05, 4.69) is 15.5 Å². The molecule has 1 saturated carbocycles. The molecular formula is C15H20N4O. The summed E-state index contributed by atoms with van der Waals surface area (Å²) < 4.78 is 1.67. The molecule has 0 radical (unpaired) electrons. The lowest BCUT2D eigenvalue weighted by Gasteiger charge is -2.38. The lowest BCUT2D eigenvalue weighted by atomic mass is 9.72. The van der Waals surface area contributed by atoms with Crippen LogP contribution in [0.15, 0.2) is 30.3 Å². The van der Waals surface area contributed by atoms with Gasteiger partial charge in [0, 0.05) is 7.05 Å². The number of hydrogen-bond acceptors (Lipinski definition) is 4.